The lowest BCUT2D eigenvalue weighted by atomic mass is 10.1. The molecule has 1 fully saturated rings. The Morgan fingerprint density at radius 1 is 1.75 bits per heavy atom. The van der Waals surface area contributed by atoms with Gasteiger partial charge in [0.1, 0.15) is 5.72 Å². The van der Waals surface area contributed by atoms with E-state index in [-0.39, 0.29) is 6.04 Å². The quantitative estimate of drug-likeness (QED) is 0.744. The van der Waals surface area contributed by atoms with E-state index in [1.165, 1.54) is 11.0 Å². The number of nitrogens with zero attached hydrogens (tertiary/aromatic N) is 2. The van der Waals surface area contributed by atoms with Crippen LogP contribution in [-0.2, 0) is 4.74 Å². The molecule has 0 saturated carbocycles. The number of carboxylic acid groups (broad SMARTS) is 1. The summed E-state index contributed by atoms with van der Waals surface area (Å²) in [7, 11) is 0. The molecule has 1 N–H and O–H groups in total. The fourth-order valence-corrected chi connectivity index (χ4v) is 1.91. The molecule has 1 heterocycles. The van der Waals surface area contributed by atoms with Gasteiger partial charge in [-0.15, -0.1) is 0 Å². The van der Waals surface area contributed by atoms with Crippen LogP contribution in [0.2, 0.25) is 0 Å². The standard InChI is InChI=1S/C11H16N2O3/c1-11(2)13(10(14)15)9(8-16-11)6-4-3-5-7-12/h3,5,9H,4,6,8H2,1-2H3,(H,14,15)/b5-3+. The van der Waals surface area contributed by atoms with Crippen molar-refractivity contribution in [3.63, 3.8) is 0 Å². The topological polar surface area (TPSA) is 73.6 Å². The molecule has 0 radical (unpaired) electrons. The second kappa shape index (κ2) is 4.99. The highest BCUT2D eigenvalue weighted by atomic mass is 16.5. The Labute approximate surface area is 94.9 Å². The predicted molar refractivity (Wildman–Crippen MR) is 57.7 cm³/mol. The van der Waals surface area contributed by atoms with E-state index in [0.29, 0.717) is 19.4 Å². The van der Waals surface area contributed by atoms with Crippen molar-refractivity contribution in [1.29, 1.82) is 5.26 Å². The zero-order valence-corrected chi connectivity index (χ0v) is 9.51. The van der Waals surface area contributed by atoms with E-state index in [9.17, 15) is 4.79 Å². The average molecular weight is 224 g/mol. The molecule has 1 amide bonds. The molecule has 0 aromatic rings. The van der Waals surface area contributed by atoms with Gasteiger partial charge >= 0.3 is 6.09 Å². The first kappa shape index (κ1) is 12.5. The van der Waals surface area contributed by atoms with Crippen LogP contribution >= 0.6 is 0 Å². The van der Waals surface area contributed by atoms with Gasteiger partial charge in [-0.1, -0.05) is 6.08 Å². The second-order valence-corrected chi connectivity index (χ2v) is 4.17. The van der Waals surface area contributed by atoms with E-state index in [2.05, 4.69) is 0 Å². The minimum Gasteiger partial charge on any atom is -0.465 e. The molecule has 1 atom stereocenters. The third-order valence-electron chi connectivity index (χ3n) is 2.64. The van der Waals surface area contributed by atoms with E-state index in [1.54, 1.807) is 19.9 Å². The fraction of sp³-hybridized carbons (Fsp3) is 0.636. The summed E-state index contributed by atoms with van der Waals surface area (Å²) in [5.41, 5.74) is -0.755. The van der Waals surface area contributed by atoms with Crippen LogP contribution in [0.25, 0.3) is 0 Å². The van der Waals surface area contributed by atoms with E-state index in [1.807, 2.05) is 6.07 Å². The van der Waals surface area contributed by atoms with Crippen LogP contribution in [0.15, 0.2) is 12.2 Å². The van der Waals surface area contributed by atoms with Crippen LogP contribution in [0.1, 0.15) is 26.7 Å². The van der Waals surface area contributed by atoms with Crippen molar-refractivity contribution in [2.45, 2.75) is 38.5 Å². The monoisotopic (exact) mass is 224 g/mol. The lowest BCUT2D eigenvalue weighted by molar-refractivity contribution is -0.0421. The summed E-state index contributed by atoms with van der Waals surface area (Å²) in [5.74, 6) is 0. The molecule has 5 nitrogen and oxygen atoms in total. The highest BCUT2D eigenvalue weighted by Gasteiger charge is 2.43. The Hall–Kier alpha value is -1.54. The van der Waals surface area contributed by atoms with Crippen molar-refractivity contribution in [2.24, 2.45) is 0 Å². The zero-order chi connectivity index (χ0) is 12.2. The van der Waals surface area contributed by atoms with Crippen molar-refractivity contribution in [3.05, 3.63) is 12.2 Å². The van der Waals surface area contributed by atoms with Gasteiger partial charge in [-0.05, 0) is 26.7 Å². The van der Waals surface area contributed by atoms with Crippen molar-refractivity contribution < 1.29 is 14.6 Å². The van der Waals surface area contributed by atoms with Crippen LogP contribution < -0.4 is 0 Å². The molecule has 88 valence electrons. The molecule has 0 aromatic heterocycles. The number of amides is 1. The Balaban J connectivity index is 2.58. The number of ether oxygens (including phenoxy) is 1. The molecule has 1 rings (SSSR count). The number of rotatable bonds is 3. The predicted octanol–water partition coefficient (Wildman–Crippen LogP) is 1.96. The van der Waals surface area contributed by atoms with Gasteiger partial charge < -0.3 is 9.84 Å². The summed E-state index contributed by atoms with van der Waals surface area (Å²) in [6.07, 6.45) is 3.55. The molecule has 16 heavy (non-hydrogen) atoms. The Bertz CT molecular complexity index is 331. The number of hydrogen-bond donors (Lipinski definition) is 1. The first-order chi connectivity index (χ1) is 7.49. The van der Waals surface area contributed by atoms with Gasteiger partial charge in [-0.25, -0.2) is 4.79 Å². The van der Waals surface area contributed by atoms with E-state index >= 15 is 0 Å². The normalized spacial score (nSPS) is 23.6. The molecule has 1 unspecified atom stereocenters. The van der Waals surface area contributed by atoms with Crippen molar-refractivity contribution in [1.82, 2.24) is 4.90 Å². The second-order valence-electron chi connectivity index (χ2n) is 4.17. The number of hydrogen-bond acceptors (Lipinski definition) is 3. The molecular formula is C11H16N2O3. The summed E-state index contributed by atoms with van der Waals surface area (Å²) in [5, 5.41) is 17.4. The molecule has 0 bridgehead atoms. The minimum atomic E-state index is -0.961. The van der Waals surface area contributed by atoms with Gasteiger partial charge in [0.05, 0.1) is 18.7 Å². The van der Waals surface area contributed by atoms with Crippen molar-refractivity contribution >= 4 is 6.09 Å². The molecule has 1 aliphatic heterocycles. The van der Waals surface area contributed by atoms with E-state index in [4.69, 9.17) is 15.1 Å². The third kappa shape index (κ3) is 2.74. The Morgan fingerprint density at radius 3 is 3.00 bits per heavy atom. The maximum atomic E-state index is 11.1. The zero-order valence-electron chi connectivity index (χ0n) is 9.51. The summed E-state index contributed by atoms with van der Waals surface area (Å²) in [6.45, 7) is 3.90. The Morgan fingerprint density at radius 2 is 2.44 bits per heavy atom. The van der Waals surface area contributed by atoms with Crippen LogP contribution in [0.5, 0.6) is 0 Å². The molecule has 0 spiro atoms. The first-order valence-corrected chi connectivity index (χ1v) is 5.20. The highest BCUT2D eigenvalue weighted by Crippen LogP contribution is 2.29. The van der Waals surface area contributed by atoms with Gasteiger partial charge in [0, 0.05) is 6.08 Å². The summed E-state index contributed by atoms with van der Waals surface area (Å²) in [6, 6.07) is 1.77. The number of carbonyl (C=O) groups is 1. The van der Waals surface area contributed by atoms with Gasteiger partial charge in [0.2, 0.25) is 0 Å². The van der Waals surface area contributed by atoms with Gasteiger partial charge in [0.25, 0.3) is 0 Å². The van der Waals surface area contributed by atoms with Gasteiger partial charge in [0.15, 0.2) is 0 Å². The van der Waals surface area contributed by atoms with Crippen LogP contribution in [0, 0.1) is 11.3 Å². The summed E-state index contributed by atoms with van der Waals surface area (Å²) >= 11 is 0. The first-order valence-electron chi connectivity index (χ1n) is 5.20. The molecule has 5 heteroatoms. The molecule has 1 saturated heterocycles. The number of allylic oxidation sites excluding steroid dienone is 2. The highest BCUT2D eigenvalue weighted by molar-refractivity contribution is 5.66. The molecule has 0 aromatic carbocycles. The van der Waals surface area contributed by atoms with E-state index in [0.717, 1.165) is 0 Å². The third-order valence-corrected chi connectivity index (χ3v) is 2.64. The fourth-order valence-electron chi connectivity index (χ4n) is 1.91. The van der Waals surface area contributed by atoms with Gasteiger partial charge in [-0.2, -0.15) is 5.26 Å². The minimum absolute atomic E-state index is 0.129. The van der Waals surface area contributed by atoms with E-state index < -0.39 is 11.8 Å². The SMILES string of the molecule is CC1(C)OCC(CC/C=C/C#N)N1C(=O)O. The maximum Gasteiger partial charge on any atom is 0.409 e. The molecule has 0 aliphatic carbocycles. The largest absolute Gasteiger partial charge is 0.465 e. The van der Waals surface area contributed by atoms with Crippen molar-refractivity contribution in [3.8, 4) is 6.07 Å². The van der Waals surface area contributed by atoms with Crippen molar-refractivity contribution in [2.75, 3.05) is 6.61 Å². The molecular weight excluding hydrogens is 208 g/mol. The van der Waals surface area contributed by atoms with Crippen LogP contribution in [-0.4, -0.2) is 34.5 Å². The summed E-state index contributed by atoms with van der Waals surface area (Å²) in [4.78, 5) is 12.4. The lowest BCUT2D eigenvalue weighted by Gasteiger charge is -2.30. The van der Waals surface area contributed by atoms with Crippen LogP contribution in [0.3, 0.4) is 0 Å². The smallest absolute Gasteiger partial charge is 0.409 e. The number of nitriles is 1. The maximum absolute atomic E-state index is 11.1. The molecule has 1 aliphatic rings. The summed E-state index contributed by atoms with van der Waals surface area (Å²) < 4.78 is 5.44. The average Bonchev–Trinajstić information content (AvgIpc) is 2.48. The van der Waals surface area contributed by atoms with Crippen LogP contribution in [0.4, 0.5) is 4.79 Å². The Kier molecular flexibility index (Phi) is 3.91. The lowest BCUT2D eigenvalue weighted by Crippen LogP contribution is -2.47. The van der Waals surface area contributed by atoms with Gasteiger partial charge in [-0.3, -0.25) is 4.90 Å².